The zero-order valence-corrected chi connectivity index (χ0v) is 10.9. The molecule has 0 spiro atoms. The van der Waals surface area contributed by atoms with Gasteiger partial charge in [0.1, 0.15) is 18.2 Å². The van der Waals surface area contributed by atoms with Gasteiger partial charge in [-0.2, -0.15) is 0 Å². The van der Waals surface area contributed by atoms with Crippen molar-refractivity contribution in [2.45, 2.75) is 24.5 Å². The van der Waals surface area contributed by atoms with Crippen LogP contribution in [0.1, 0.15) is 0 Å². The number of carbonyl (C=O) groups excluding carboxylic acids is 1. The molecule has 3 heterocycles. The van der Waals surface area contributed by atoms with Gasteiger partial charge in [0.05, 0.1) is 19.3 Å². The van der Waals surface area contributed by atoms with E-state index in [0.29, 0.717) is 0 Å². The lowest BCUT2D eigenvalue weighted by Gasteiger charge is -2.54. The molecule has 0 aliphatic carbocycles. The maximum absolute atomic E-state index is 11.7. The number of benzene rings is 1. The van der Waals surface area contributed by atoms with E-state index in [4.69, 9.17) is 4.84 Å². The number of hydrogen-bond acceptors (Lipinski definition) is 6. The van der Waals surface area contributed by atoms with Crippen molar-refractivity contribution in [2.75, 3.05) is 18.7 Å². The van der Waals surface area contributed by atoms with E-state index in [1.54, 1.807) is 5.06 Å². The van der Waals surface area contributed by atoms with Crippen molar-refractivity contribution in [2.24, 2.45) is 0 Å². The number of aliphatic hydroxyl groups excluding tert-OH is 2. The molecule has 0 aromatic heterocycles. The van der Waals surface area contributed by atoms with Crippen LogP contribution in [0, 0.1) is 0 Å². The predicted molar refractivity (Wildman–Crippen MR) is 68.7 cm³/mol. The van der Waals surface area contributed by atoms with Crippen LogP contribution in [0.5, 0.6) is 0 Å². The first kappa shape index (κ1) is 13.2. The number of rotatable bonds is 1. The number of amides is 1. The summed E-state index contributed by atoms with van der Waals surface area (Å²) in [5.74, 6) is 0. The molecule has 3 aliphatic rings. The number of aliphatic hydroxyl groups is 2. The van der Waals surface area contributed by atoms with Crippen LogP contribution in [0.15, 0.2) is 30.3 Å². The second-order valence-electron chi connectivity index (χ2n) is 4.83. The summed E-state index contributed by atoms with van der Waals surface area (Å²) in [6.45, 7) is 0.227. The summed E-state index contributed by atoms with van der Waals surface area (Å²) in [7, 11) is 1.27. The number of methoxy groups -OCH3 is 1. The van der Waals surface area contributed by atoms with Gasteiger partial charge in [-0.1, -0.05) is 18.2 Å². The Balaban J connectivity index is 1.89. The maximum Gasteiger partial charge on any atom is 0.411 e. The van der Waals surface area contributed by atoms with E-state index in [1.165, 1.54) is 12.0 Å². The second-order valence-corrected chi connectivity index (χ2v) is 4.83. The summed E-state index contributed by atoms with van der Waals surface area (Å²) in [6, 6.07) is 8.70. The number of para-hydroxylation sites is 1. The van der Waals surface area contributed by atoms with Crippen LogP contribution in [0.2, 0.25) is 0 Å². The third kappa shape index (κ3) is 1.91. The number of hydrogen-bond donors (Lipinski definition) is 2. The fourth-order valence-electron chi connectivity index (χ4n) is 2.64. The third-order valence-electron chi connectivity index (χ3n) is 3.67. The fourth-order valence-corrected chi connectivity index (χ4v) is 2.64. The number of ether oxygens (including phenoxy) is 1. The number of hydroxylamine groups is 1. The van der Waals surface area contributed by atoms with Crippen LogP contribution in [0.4, 0.5) is 10.5 Å². The van der Waals surface area contributed by atoms with E-state index in [-0.39, 0.29) is 6.54 Å². The molecule has 108 valence electrons. The summed E-state index contributed by atoms with van der Waals surface area (Å²) >= 11 is 0. The van der Waals surface area contributed by atoms with Crippen LogP contribution in [0.3, 0.4) is 0 Å². The molecule has 0 saturated carbocycles. The van der Waals surface area contributed by atoms with Crippen molar-refractivity contribution in [3.63, 3.8) is 0 Å². The molecule has 20 heavy (non-hydrogen) atoms. The minimum Gasteiger partial charge on any atom is -0.453 e. The Morgan fingerprint density at radius 3 is 2.65 bits per heavy atom. The van der Waals surface area contributed by atoms with Crippen LogP contribution in [-0.4, -0.2) is 59.3 Å². The van der Waals surface area contributed by atoms with E-state index >= 15 is 0 Å². The Morgan fingerprint density at radius 2 is 2.00 bits per heavy atom. The van der Waals surface area contributed by atoms with Crippen molar-refractivity contribution < 1.29 is 24.6 Å². The number of anilines is 1. The molecule has 2 bridgehead atoms. The molecule has 3 aliphatic heterocycles. The van der Waals surface area contributed by atoms with E-state index in [1.807, 2.05) is 30.3 Å². The van der Waals surface area contributed by atoms with E-state index in [9.17, 15) is 15.0 Å². The zero-order valence-electron chi connectivity index (χ0n) is 10.9. The van der Waals surface area contributed by atoms with Crippen molar-refractivity contribution >= 4 is 11.8 Å². The van der Waals surface area contributed by atoms with Crippen molar-refractivity contribution in [3.05, 3.63) is 30.3 Å². The first-order valence-electron chi connectivity index (χ1n) is 6.35. The quantitative estimate of drug-likeness (QED) is 0.750. The second kappa shape index (κ2) is 4.93. The Labute approximate surface area is 115 Å². The molecule has 4 atom stereocenters. The van der Waals surface area contributed by atoms with Crippen molar-refractivity contribution in [3.8, 4) is 0 Å². The van der Waals surface area contributed by atoms with Gasteiger partial charge in [0.25, 0.3) is 0 Å². The lowest BCUT2D eigenvalue weighted by molar-refractivity contribution is -0.238. The highest BCUT2D eigenvalue weighted by atomic mass is 16.7. The summed E-state index contributed by atoms with van der Waals surface area (Å²) < 4.78 is 4.66. The lowest BCUT2D eigenvalue weighted by Crippen LogP contribution is -2.74. The minimum atomic E-state index is -1.16. The van der Waals surface area contributed by atoms with Crippen LogP contribution in [0.25, 0.3) is 0 Å². The topological polar surface area (TPSA) is 82.5 Å². The summed E-state index contributed by atoms with van der Waals surface area (Å²) in [5, 5.41) is 21.7. The number of nitrogens with zero attached hydrogens (tertiary/aromatic N) is 2. The average molecular weight is 280 g/mol. The summed E-state index contributed by atoms with van der Waals surface area (Å²) in [6.07, 6.45) is -3.69. The molecule has 0 unspecified atom stereocenters. The number of carbonyl (C=O) groups is 1. The van der Waals surface area contributed by atoms with E-state index in [2.05, 4.69) is 4.74 Å². The molecule has 1 amide bonds. The SMILES string of the molecule is COC(=O)N1C[C@H]2[C@@H](O)[C@@H](O)[C@@H]1ON2c1ccccc1. The Morgan fingerprint density at radius 1 is 1.30 bits per heavy atom. The minimum absolute atomic E-state index is 0.227. The largest absolute Gasteiger partial charge is 0.453 e. The first-order chi connectivity index (χ1) is 9.63. The van der Waals surface area contributed by atoms with Gasteiger partial charge in [0, 0.05) is 0 Å². The average Bonchev–Trinajstić information content (AvgIpc) is 2.51. The normalized spacial score (nSPS) is 32.4. The van der Waals surface area contributed by atoms with Gasteiger partial charge in [-0.25, -0.2) is 14.7 Å². The molecule has 2 N–H and O–H groups in total. The monoisotopic (exact) mass is 280 g/mol. The molecule has 3 saturated heterocycles. The first-order valence-corrected chi connectivity index (χ1v) is 6.35. The molecular formula is C13H16N2O5. The third-order valence-corrected chi connectivity index (χ3v) is 3.67. The lowest BCUT2D eigenvalue weighted by atomic mass is 9.95. The van der Waals surface area contributed by atoms with Gasteiger partial charge < -0.3 is 14.9 Å². The Bertz CT molecular complexity index is 497. The molecule has 0 radical (unpaired) electrons. The van der Waals surface area contributed by atoms with Gasteiger partial charge in [0.2, 0.25) is 0 Å². The number of fused-ring (bicyclic) bond motifs is 3. The summed E-state index contributed by atoms with van der Waals surface area (Å²) in [4.78, 5) is 18.6. The maximum atomic E-state index is 11.7. The zero-order chi connectivity index (χ0) is 14.3. The highest BCUT2D eigenvalue weighted by Crippen LogP contribution is 2.34. The number of piperidine rings is 1. The highest BCUT2D eigenvalue weighted by Gasteiger charge is 2.54. The highest BCUT2D eigenvalue weighted by molar-refractivity contribution is 5.68. The van der Waals surface area contributed by atoms with E-state index < -0.39 is 30.6 Å². The van der Waals surface area contributed by atoms with Crippen molar-refractivity contribution in [1.82, 2.24) is 4.90 Å². The molecule has 1 aromatic rings. The predicted octanol–water partition coefficient (Wildman–Crippen LogP) is -0.0633. The van der Waals surface area contributed by atoms with Crippen LogP contribution >= 0.6 is 0 Å². The standard InChI is InChI=1S/C13H16N2O5/c1-19-13(18)14-7-9-10(16)11(17)12(14)20-15(9)8-5-3-2-4-6-8/h2-6,9-12,16-17H,7H2,1H3/t9-,10+,11+,12-/m0/s1. The Hall–Kier alpha value is -1.83. The van der Waals surface area contributed by atoms with Crippen LogP contribution in [-0.2, 0) is 9.57 Å². The van der Waals surface area contributed by atoms with E-state index in [0.717, 1.165) is 5.69 Å². The van der Waals surface area contributed by atoms with Gasteiger partial charge in [-0.15, -0.1) is 0 Å². The van der Waals surface area contributed by atoms with Gasteiger partial charge in [-0.05, 0) is 12.1 Å². The molecule has 7 nitrogen and oxygen atoms in total. The van der Waals surface area contributed by atoms with Gasteiger partial charge in [-0.3, -0.25) is 4.90 Å². The molecule has 4 rings (SSSR count). The van der Waals surface area contributed by atoms with Crippen LogP contribution < -0.4 is 5.06 Å². The smallest absolute Gasteiger partial charge is 0.411 e. The summed E-state index contributed by atoms with van der Waals surface area (Å²) in [5.41, 5.74) is 0.762. The van der Waals surface area contributed by atoms with Crippen molar-refractivity contribution in [1.29, 1.82) is 0 Å². The molecule has 7 heteroatoms. The molecular weight excluding hydrogens is 264 g/mol. The van der Waals surface area contributed by atoms with Gasteiger partial charge in [0.15, 0.2) is 6.23 Å². The fraction of sp³-hybridized carbons (Fsp3) is 0.462. The Kier molecular flexibility index (Phi) is 3.25. The molecule has 3 fully saturated rings. The molecule has 1 aromatic carbocycles. The van der Waals surface area contributed by atoms with Gasteiger partial charge >= 0.3 is 6.09 Å².